The second kappa shape index (κ2) is 6.52. The number of aryl methyl sites for hydroxylation is 1. The highest BCUT2D eigenvalue weighted by Crippen LogP contribution is 2.27. The van der Waals surface area contributed by atoms with E-state index in [0.717, 1.165) is 36.5 Å². The van der Waals surface area contributed by atoms with Crippen LogP contribution in [-0.4, -0.2) is 38.8 Å². The van der Waals surface area contributed by atoms with Gasteiger partial charge >= 0.3 is 0 Å². The van der Waals surface area contributed by atoms with E-state index in [-0.39, 0.29) is 5.91 Å². The SMILES string of the molecule is Cc1nc(-c2ncccn2)sc1C(=O)N1CCC[C@@H](C)CC1. The predicted octanol–water partition coefficient (Wildman–Crippen LogP) is 3.17. The van der Waals surface area contributed by atoms with E-state index in [2.05, 4.69) is 21.9 Å². The van der Waals surface area contributed by atoms with E-state index in [4.69, 9.17) is 0 Å². The van der Waals surface area contributed by atoms with Crippen molar-refractivity contribution < 1.29 is 4.79 Å². The highest BCUT2D eigenvalue weighted by atomic mass is 32.1. The van der Waals surface area contributed by atoms with E-state index in [0.29, 0.717) is 16.7 Å². The number of carbonyl (C=O) groups is 1. The van der Waals surface area contributed by atoms with Crippen molar-refractivity contribution in [1.29, 1.82) is 0 Å². The van der Waals surface area contributed by atoms with Crippen LogP contribution in [0.15, 0.2) is 18.5 Å². The van der Waals surface area contributed by atoms with Crippen molar-refractivity contribution in [2.24, 2.45) is 5.92 Å². The van der Waals surface area contributed by atoms with E-state index in [1.54, 1.807) is 18.5 Å². The van der Waals surface area contributed by atoms with Crippen LogP contribution in [0.5, 0.6) is 0 Å². The number of likely N-dealkylation sites (tertiary alicyclic amines) is 1. The Labute approximate surface area is 134 Å². The molecular weight excluding hydrogens is 296 g/mol. The molecule has 6 heteroatoms. The van der Waals surface area contributed by atoms with E-state index in [1.165, 1.54) is 17.8 Å². The summed E-state index contributed by atoms with van der Waals surface area (Å²) in [7, 11) is 0. The van der Waals surface area contributed by atoms with Gasteiger partial charge in [0.2, 0.25) is 0 Å². The van der Waals surface area contributed by atoms with Crippen molar-refractivity contribution in [2.75, 3.05) is 13.1 Å². The first-order valence-corrected chi connectivity index (χ1v) is 8.51. The summed E-state index contributed by atoms with van der Waals surface area (Å²) in [5.74, 6) is 1.39. The molecule has 3 heterocycles. The number of hydrogen-bond acceptors (Lipinski definition) is 5. The van der Waals surface area contributed by atoms with Crippen LogP contribution in [-0.2, 0) is 0 Å². The summed E-state index contributed by atoms with van der Waals surface area (Å²) in [5, 5.41) is 0.713. The fourth-order valence-corrected chi connectivity index (χ4v) is 3.69. The smallest absolute Gasteiger partial charge is 0.265 e. The maximum atomic E-state index is 12.8. The predicted molar refractivity (Wildman–Crippen MR) is 86.8 cm³/mol. The molecule has 116 valence electrons. The van der Waals surface area contributed by atoms with Gasteiger partial charge in [0.05, 0.1) is 5.69 Å². The molecule has 0 spiro atoms. The summed E-state index contributed by atoms with van der Waals surface area (Å²) in [6.45, 7) is 5.83. The Morgan fingerprint density at radius 3 is 2.82 bits per heavy atom. The molecule has 1 fully saturated rings. The number of aromatic nitrogens is 3. The average molecular weight is 316 g/mol. The summed E-state index contributed by atoms with van der Waals surface area (Å²) >= 11 is 1.39. The molecule has 2 aromatic rings. The van der Waals surface area contributed by atoms with Crippen LogP contribution in [0.4, 0.5) is 0 Å². The molecule has 1 aliphatic heterocycles. The van der Waals surface area contributed by atoms with Crippen LogP contribution in [0, 0.1) is 12.8 Å². The molecule has 1 saturated heterocycles. The van der Waals surface area contributed by atoms with Gasteiger partial charge in [0.25, 0.3) is 5.91 Å². The molecule has 0 aromatic carbocycles. The second-order valence-electron chi connectivity index (χ2n) is 5.83. The third-order valence-electron chi connectivity index (χ3n) is 4.05. The maximum Gasteiger partial charge on any atom is 0.265 e. The maximum absolute atomic E-state index is 12.8. The summed E-state index contributed by atoms with van der Waals surface area (Å²) in [5.41, 5.74) is 0.773. The van der Waals surface area contributed by atoms with E-state index >= 15 is 0 Å². The quantitative estimate of drug-likeness (QED) is 0.854. The first-order valence-electron chi connectivity index (χ1n) is 7.69. The van der Waals surface area contributed by atoms with Gasteiger partial charge in [-0.2, -0.15) is 0 Å². The monoisotopic (exact) mass is 316 g/mol. The zero-order valence-corrected chi connectivity index (χ0v) is 13.8. The van der Waals surface area contributed by atoms with E-state index < -0.39 is 0 Å². The van der Waals surface area contributed by atoms with Gasteiger partial charge in [-0.15, -0.1) is 11.3 Å². The molecule has 3 rings (SSSR count). The standard InChI is InChI=1S/C16H20N4OS/c1-11-5-3-9-20(10-6-11)16(21)13-12(2)19-15(22-13)14-17-7-4-8-18-14/h4,7-8,11H,3,5-6,9-10H2,1-2H3/t11-/m1/s1. The average Bonchev–Trinajstić information content (AvgIpc) is 2.79. The summed E-state index contributed by atoms with van der Waals surface area (Å²) in [6.07, 6.45) is 6.75. The second-order valence-corrected chi connectivity index (χ2v) is 6.83. The van der Waals surface area contributed by atoms with Crippen molar-refractivity contribution in [1.82, 2.24) is 19.9 Å². The first kappa shape index (κ1) is 15.1. The van der Waals surface area contributed by atoms with Crippen LogP contribution < -0.4 is 0 Å². The highest BCUT2D eigenvalue weighted by molar-refractivity contribution is 7.17. The number of amides is 1. The molecule has 0 saturated carbocycles. The van der Waals surface area contributed by atoms with Gasteiger partial charge in [-0.05, 0) is 38.2 Å². The fraction of sp³-hybridized carbons (Fsp3) is 0.500. The van der Waals surface area contributed by atoms with Crippen LogP contribution >= 0.6 is 11.3 Å². The third kappa shape index (κ3) is 3.16. The zero-order valence-electron chi connectivity index (χ0n) is 13.0. The Balaban J connectivity index is 1.82. The summed E-state index contributed by atoms with van der Waals surface area (Å²) in [6, 6.07) is 1.77. The molecule has 0 unspecified atom stereocenters. The lowest BCUT2D eigenvalue weighted by molar-refractivity contribution is 0.0764. The fourth-order valence-electron chi connectivity index (χ4n) is 2.71. The van der Waals surface area contributed by atoms with Gasteiger partial charge in [-0.25, -0.2) is 15.0 Å². The number of rotatable bonds is 2. The zero-order chi connectivity index (χ0) is 15.5. The van der Waals surface area contributed by atoms with Gasteiger partial charge in [0.15, 0.2) is 10.8 Å². The lowest BCUT2D eigenvalue weighted by Crippen LogP contribution is -2.31. The number of nitrogens with zero attached hydrogens (tertiary/aromatic N) is 4. The van der Waals surface area contributed by atoms with Crippen molar-refractivity contribution >= 4 is 17.2 Å². The highest BCUT2D eigenvalue weighted by Gasteiger charge is 2.24. The number of hydrogen-bond donors (Lipinski definition) is 0. The Kier molecular flexibility index (Phi) is 4.47. The Bertz CT molecular complexity index is 655. The number of thiazole rings is 1. The van der Waals surface area contributed by atoms with Crippen LogP contribution in [0.2, 0.25) is 0 Å². The molecule has 0 bridgehead atoms. The van der Waals surface area contributed by atoms with Crippen molar-refractivity contribution in [3.05, 3.63) is 29.0 Å². The molecule has 1 amide bonds. The normalized spacial score (nSPS) is 19.0. The largest absolute Gasteiger partial charge is 0.338 e. The molecular formula is C16H20N4OS. The topological polar surface area (TPSA) is 59.0 Å². The van der Waals surface area contributed by atoms with E-state index in [9.17, 15) is 4.79 Å². The lowest BCUT2D eigenvalue weighted by Gasteiger charge is -2.19. The molecule has 5 nitrogen and oxygen atoms in total. The molecule has 0 N–H and O–H groups in total. The molecule has 1 atom stereocenters. The van der Waals surface area contributed by atoms with E-state index in [1.807, 2.05) is 11.8 Å². The Morgan fingerprint density at radius 1 is 1.27 bits per heavy atom. The Morgan fingerprint density at radius 2 is 2.05 bits per heavy atom. The molecule has 0 radical (unpaired) electrons. The minimum Gasteiger partial charge on any atom is -0.338 e. The minimum atomic E-state index is 0.103. The van der Waals surface area contributed by atoms with Crippen molar-refractivity contribution in [2.45, 2.75) is 33.1 Å². The summed E-state index contributed by atoms with van der Waals surface area (Å²) in [4.78, 5) is 28.4. The number of carbonyl (C=O) groups excluding carboxylic acids is 1. The van der Waals surface area contributed by atoms with Crippen molar-refractivity contribution in [3.8, 4) is 10.8 Å². The Hall–Kier alpha value is -1.82. The molecule has 22 heavy (non-hydrogen) atoms. The third-order valence-corrected chi connectivity index (χ3v) is 5.19. The van der Waals surface area contributed by atoms with Crippen LogP contribution in [0.3, 0.4) is 0 Å². The van der Waals surface area contributed by atoms with Crippen molar-refractivity contribution in [3.63, 3.8) is 0 Å². The van der Waals surface area contributed by atoms with Gasteiger partial charge < -0.3 is 4.90 Å². The summed E-state index contributed by atoms with van der Waals surface area (Å²) < 4.78 is 0. The molecule has 0 aliphatic carbocycles. The van der Waals surface area contributed by atoms with Gasteiger partial charge in [-0.1, -0.05) is 6.92 Å². The van der Waals surface area contributed by atoms with Gasteiger partial charge in [0, 0.05) is 25.5 Å². The molecule has 1 aliphatic rings. The molecule has 2 aromatic heterocycles. The van der Waals surface area contributed by atoms with Crippen LogP contribution in [0.1, 0.15) is 41.6 Å². The van der Waals surface area contributed by atoms with Crippen LogP contribution in [0.25, 0.3) is 10.8 Å². The first-order chi connectivity index (χ1) is 10.6. The lowest BCUT2D eigenvalue weighted by atomic mass is 10.0. The minimum absolute atomic E-state index is 0.103. The van der Waals surface area contributed by atoms with Gasteiger partial charge in [-0.3, -0.25) is 4.79 Å². The van der Waals surface area contributed by atoms with Gasteiger partial charge in [0.1, 0.15) is 4.88 Å².